The van der Waals surface area contributed by atoms with Crippen LogP contribution in [0.2, 0.25) is 0 Å². The summed E-state index contributed by atoms with van der Waals surface area (Å²) in [5, 5.41) is 4.41. The molecular formula is C15H19N3O. The van der Waals surface area contributed by atoms with Crippen molar-refractivity contribution in [3.63, 3.8) is 0 Å². The van der Waals surface area contributed by atoms with E-state index in [0.717, 1.165) is 36.4 Å². The fraction of sp³-hybridized carbons (Fsp3) is 0.400. The topological polar surface area (TPSA) is 53.1 Å². The Labute approximate surface area is 113 Å². The number of rotatable bonds is 3. The predicted octanol–water partition coefficient (Wildman–Crippen LogP) is 2.70. The first-order valence-electron chi connectivity index (χ1n) is 6.81. The number of hydrogen-bond donors (Lipinski definition) is 1. The Kier molecular flexibility index (Phi) is 3.51. The zero-order valence-electron chi connectivity index (χ0n) is 11.0. The molecule has 4 nitrogen and oxygen atoms in total. The maximum absolute atomic E-state index is 5.80. The highest BCUT2D eigenvalue weighted by Crippen LogP contribution is 2.21. The summed E-state index contributed by atoms with van der Waals surface area (Å²) >= 11 is 0. The van der Waals surface area contributed by atoms with Crippen molar-refractivity contribution in [2.24, 2.45) is 0 Å². The number of aromatic nitrogens is 2. The van der Waals surface area contributed by atoms with Gasteiger partial charge >= 0.3 is 0 Å². The van der Waals surface area contributed by atoms with Gasteiger partial charge in [0.15, 0.2) is 0 Å². The van der Waals surface area contributed by atoms with Crippen LogP contribution >= 0.6 is 0 Å². The van der Waals surface area contributed by atoms with E-state index in [0.29, 0.717) is 6.10 Å². The molecule has 0 bridgehead atoms. The number of anilines is 1. The van der Waals surface area contributed by atoms with Crippen molar-refractivity contribution < 1.29 is 4.74 Å². The Bertz CT molecular complexity index is 544. The summed E-state index contributed by atoms with van der Waals surface area (Å²) in [6.45, 7) is 1.72. The minimum atomic E-state index is 0.308. The third-order valence-corrected chi connectivity index (χ3v) is 3.52. The number of benzene rings is 1. The van der Waals surface area contributed by atoms with Gasteiger partial charge in [-0.25, -0.2) is 0 Å². The second kappa shape index (κ2) is 5.45. The average molecular weight is 257 g/mol. The molecule has 1 atom stereocenters. The lowest BCUT2D eigenvalue weighted by atomic mass is 10.1. The maximum atomic E-state index is 5.80. The minimum absolute atomic E-state index is 0.308. The lowest BCUT2D eigenvalue weighted by molar-refractivity contribution is 0.00400. The Hall–Kier alpha value is -1.81. The number of nitrogens with two attached hydrogens (primary N) is 1. The zero-order chi connectivity index (χ0) is 13.1. The van der Waals surface area contributed by atoms with E-state index in [9.17, 15) is 0 Å². The lowest BCUT2D eigenvalue weighted by Crippen LogP contribution is -2.24. The molecule has 3 rings (SSSR count). The third kappa shape index (κ3) is 2.96. The SMILES string of the molecule is Nc1cccc(-c2cnn(CC3CCCCO3)c2)c1. The highest BCUT2D eigenvalue weighted by atomic mass is 16.5. The number of nitrogens with zero attached hydrogens (tertiary/aromatic N) is 2. The van der Waals surface area contributed by atoms with Crippen molar-refractivity contribution in [3.8, 4) is 11.1 Å². The zero-order valence-corrected chi connectivity index (χ0v) is 11.0. The van der Waals surface area contributed by atoms with E-state index in [1.807, 2.05) is 29.1 Å². The van der Waals surface area contributed by atoms with Gasteiger partial charge in [0.25, 0.3) is 0 Å². The third-order valence-electron chi connectivity index (χ3n) is 3.52. The van der Waals surface area contributed by atoms with Crippen molar-refractivity contribution in [2.45, 2.75) is 31.9 Å². The molecule has 1 fully saturated rings. The van der Waals surface area contributed by atoms with E-state index in [1.165, 1.54) is 12.8 Å². The molecule has 0 amide bonds. The fourth-order valence-electron chi connectivity index (χ4n) is 2.49. The molecule has 0 aliphatic carbocycles. The summed E-state index contributed by atoms with van der Waals surface area (Å²) in [5.74, 6) is 0. The molecular weight excluding hydrogens is 238 g/mol. The summed E-state index contributed by atoms with van der Waals surface area (Å²) in [4.78, 5) is 0. The normalized spacial score (nSPS) is 19.5. The summed E-state index contributed by atoms with van der Waals surface area (Å²) in [5.41, 5.74) is 8.79. The highest BCUT2D eigenvalue weighted by Gasteiger charge is 2.14. The number of ether oxygens (including phenoxy) is 1. The molecule has 1 unspecified atom stereocenters. The molecule has 2 aromatic rings. The molecule has 19 heavy (non-hydrogen) atoms. The first kappa shape index (κ1) is 12.2. The molecule has 100 valence electrons. The summed E-state index contributed by atoms with van der Waals surface area (Å²) < 4.78 is 7.70. The van der Waals surface area contributed by atoms with Crippen LogP contribution in [0, 0.1) is 0 Å². The van der Waals surface area contributed by atoms with Crippen LogP contribution in [0.3, 0.4) is 0 Å². The Balaban J connectivity index is 1.72. The fourth-order valence-corrected chi connectivity index (χ4v) is 2.49. The Morgan fingerprint density at radius 2 is 2.26 bits per heavy atom. The van der Waals surface area contributed by atoms with Gasteiger partial charge in [-0.3, -0.25) is 4.68 Å². The molecule has 2 N–H and O–H groups in total. The van der Waals surface area contributed by atoms with Gasteiger partial charge < -0.3 is 10.5 Å². The van der Waals surface area contributed by atoms with Crippen LogP contribution in [0.25, 0.3) is 11.1 Å². The van der Waals surface area contributed by atoms with Crippen molar-refractivity contribution in [2.75, 3.05) is 12.3 Å². The van der Waals surface area contributed by atoms with Gasteiger partial charge in [-0.1, -0.05) is 12.1 Å². The molecule has 1 aromatic carbocycles. The molecule has 2 heterocycles. The van der Waals surface area contributed by atoms with Gasteiger partial charge in [0.1, 0.15) is 0 Å². The van der Waals surface area contributed by atoms with E-state index in [4.69, 9.17) is 10.5 Å². The summed E-state index contributed by atoms with van der Waals surface area (Å²) in [6, 6.07) is 7.88. The molecule has 0 spiro atoms. The van der Waals surface area contributed by atoms with E-state index < -0.39 is 0 Å². The molecule has 0 saturated carbocycles. The maximum Gasteiger partial charge on any atom is 0.0770 e. The molecule has 4 heteroatoms. The van der Waals surface area contributed by atoms with E-state index in [-0.39, 0.29) is 0 Å². The predicted molar refractivity (Wildman–Crippen MR) is 75.7 cm³/mol. The van der Waals surface area contributed by atoms with Gasteiger partial charge in [-0.2, -0.15) is 5.10 Å². The van der Waals surface area contributed by atoms with Gasteiger partial charge in [0.2, 0.25) is 0 Å². The minimum Gasteiger partial charge on any atom is -0.399 e. The highest BCUT2D eigenvalue weighted by molar-refractivity contribution is 5.65. The van der Waals surface area contributed by atoms with Crippen LogP contribution in [0.5, 0.6) is 0 Å². The van der Waals surface area contributed by atoms with E-state index in [1.54, 1.807) is 0 Å². The van der Waals surface area contributed by atoms with Crippen LogP contribution in [-0.4, -0.2) is 22.5 Å². The van der Waals surface area contributed by atoms with Crippen LogP contribution in [0.15, 0.2) is 36.7 Å². The number of nitrogen functional groups attached to an aromatic ring is 1. The van der Waals surface area contributed by atoms with Gasteiger partial charge in [-0.15, -0.1) is 0 Å². The van der Waals surface area contributed by atoms with Crippen molar-refractivity contribution in [1.82, 2.24) is 9.78 Å². The second-order valence-electron chi connectivity index (χ2n) is 5.07. The van der Waals surface area contributed by atoms with E-state index in [2.05, 4.69) is 17.4 Å². The second-order valence-corrected chi connectivity index (χ2v) is 5.07. The van der Waals surface area contributed by atoms with Crippen molar-refractivity contribution >= 4 is 5.69 Å². The molecule has 1 aromatic heterocycles. The molecule has 0 radical (unpaired) electrons. The first-order valence-corrected chi connectivity index (χ1v) is 6.81. The summed E-state index contributed by atoms with van der Waals surface area (Å²) in [7, 11) is 0. The standard InChI is InChI=1S/C15H19N3O/c16-14-5-3-4-12(8-14)13-9-17-18(10-13)11-15-6-1-2-7-19-15/h3-5,8-10,15H,1-2,6-7,11,16H2. The number of hydrogen-bond acceptors (Lipinski definition) is 3. The summed E-state index contributed by atoms with van der Waals surface area (Å²) in [6.07, 6.45) is 7.83. The van der Waals surface area contributed by atoms with Gasteiger partial charge in [0, 0.05) is 24.1 Å². The van der Waals surface area contributed by atoms with E-state index >= 15 is 0 Å². The monoisotopic (exact) mass is 257 g/mol. The molecule has 1 aliphatic rings. The van der Waals surface area contributed by atoms with Crippen LogP contribution in [-0.2, 0) is 11.3 Å². The van der Waals surface area contributed by atoms with Crippen molar-refractivity contribution in [1.29, 1.82) is 0 Å². The Morgan fingerprint density at radius 1 is 1.32 bits per heavy atom. The van der Waals surface area contributed by atoms with Gasteiger partial charge in [0.05, 0.1) is 18.8 Å². The molecule has 1 aliphatic heterocycles. The first-order chi connectivity index (χ1) is 9.31. The smallest absolute Gasteiger partial charge is 0.0770 e. The quantitative estimate of drug-likeness (QED) is 0.860. The van der Waals surface area contributed by atoms with Crippen LogP contribution in [0.1, 0.15) is 19.3 Å². The average Bonchev–Trinajstić information content (AvgIpc) is 2.88. The molecule has 1 saturated heterocycles. The largest absolute Gasteiger partial charge is 0.399 e. The Morgan fingerprint density at radius 3 is 3.05 bits per heavy atom. The van der Waals surface area contributed by atoms with Crippen molar-refractivity contribution in [3.05, 3.63) is 36.7 Å². The lowest BCUT2D eigenvalue weighted by Gasteiger charge is -2.22. The van der Waals surface area contributed by atoms with Gasteiger partial charge in [-0.05, 0) is 37.0 Å². The van der Waals surface area contributed by atoms with Crippen LogP contribution < -0.4 is 5.73 Å². The van der Waals surface area contributed by atoms with Crippen LogP contribution in [0.4, 0.5) is 5.69 Å².